The standard InChI is InChI=1S/C40H29N3O2/c1-43-39(26-14-6-3-7-15-26)41-38(25-12-4-2-5-13-25)42-40(43)32-20-11-19-31-30-18-10-17-28(36(30)45-37(31)32)27-22-23-35-33(24-27)29-16-8-9-21-34(29)44-35/h2,4-6,8-24,39H,3,7H2,1H3. The van der Waals surface area contributed by atoms with Gasteiger partial charge in [-0.05, 0) is 48.2 Å². The van der Waals surface area contributed by atoms with Crippen LogP contribution in [0.15, 0.2) is 152 Å². The zero-order valence-electron chi connectivity index (χ0n) is 24.8. The number of allylic oxidation sites excluding steroid dienone is 2. The highest BCUT2D eigenvalue weighted by atomic mass is 16.3. The van der Waals surface area contributed by atoms with Crippen LogP contribution in [0.4, 0.5) is 0 Å². The van der Waals surface area contributed by atoms with Gasteiger partial charge in [0.1, 0.15) is 34.3 Å². The largest absolute Gasteiger partial charge is 0.456 e. The third-order valence-corrected chi connectivity index (χ3v) is 8.96. The van der Waals surface area contributed by atoms with E-state index in [4.69, 9.17) is 18.8 Å². The van der Waals surface area contributed by atoms with Crippen molar-refractivity contribution in [2.45, 2.75) is 19.0 Å². The van der Waals surface area contributed by atoms with E-state index in [1.54, 1.807) is 0 Å². The second kappa shape index (κ2) is 10.2. The lowest BCUT2D eigenvalue weighted by Crippen LogP contribution is -2.41. The highest BCUT2D eigenvalue weighted by Gasteiger charge is 2.29. The van der Waals surface area contributed by atoms with Gasteiger partial charge in [-0.1, -0.05) is 103 Å². The van der Waals surface area contributed by atoms with Crippen molar-refractivity contribution in [2.24, 2.45) is 9.98 Å². The number of rotatable bonds is 4. The van der Waals surface area contributed by atoms with Crippen molar-refractivity contribution in [1.82, 2.24) is 4.90 Å². The maximum atomic E-state index is 6.87. The molecule has 0 amide bonds. The van der Waals surface area contributed by atoms with Crippen LogP contribution in [0.2, 0.25) is 0 Å². The number of amidine groups is 2. The molecule has 0 spiro atoms. The Morgan fingerprint density at radius 1 is 0.644 bits per heavy atom. The highest BCUT2D eigenvalue weighted by Crippen LogP contribution is 2.40. The SMILES string of the molecule is CN1C(c2cccc3c2oc2c(-c4ccc5oc6ccccc6c5c4)cccc23)=NC(c2ccccc2)=NC1C1=CCCC=C1. The first-order valence-corrected chi connectivity index (χ1v) is 15.4. The summed E-state index contributed by atoms with van der Waals surface area (Å²) < 4.78 is 13.0. The molecule has 0 fully saturated rings. The summed E-state index contributed by atoms with van der Waals surface area (Å²) in [6.45, 7) is 0. The fraction of sp³-hybridized carbons (Fsp3) is 0.100. The quantitative estimate of drug-likeness (QED) is 0.207. The summed E-state index contributed by atoms with van der Waals surface area (Å²) in [7, 11) is 2.08. The molecule has 0 saturated carbocycles. The molecule has 0 N–H and O–H groups in total. The highest BCUT2D eigenvalue weighted by molar-refractivity contribution is 6.20. The van der Waals surface area contributed by atoms with Crippen LogP contribution in [0.1, 0.15) is 24.0 Å². The fourth-order valence-corrected chi connectivity index (χ4v) is 6.74. The molecule has 216 valence electrons. The molecule has 9 rings (SSSR count). The van der Waals surface area contributed by atoms with Crippen LogP contribution >= 0.6 is 0 Å². The zero-order valence-corrected chi connectivity index (χ0v) is 24.8. The zero-order chi connectivity index (χ0) is 29.9. The van der Waals surface area contributed by atoms with Crippen molar-refractivity contribution < 1.29 is 8.83 Å². The van der Waals surface area contributed by atoms with Crippen LogP contribution in [0, 0.1) is 0 Å². The Balaban J connectivity index is 1.23. The van der Waals surface area contributed by atoms with Crippen molar-refractivity contribution in [3.63, 3.8) is 0 Å². The molecule has 0 bridgehead atoms. The summed E-state index contributed by atoms with van der Waals surface area (Å²) in [6, 6.07) is 37.5. The van der Waals surface area contributed by atoms with Gasteiger partial charge in [-0.3, -0.25) is 0 Å². The fourth-order valence-electron chi connectivity index (χ4n) is 6.74. The molecule has 5 nitrogen and oxygen atoms in total. The molecule has 1 unspecified atom stereocenters. The van der Waals surface area contributed by atoms with Gasteiger partial charge in [0.25, 0.3) is 0 Å². The molecule has 1 aliphatic carbocycles. The van der Waals surface area contributed by atoms with Gasteiger partial charge in [0.15, 0.2) is 5.84 Å². The Morgan fingerprint density at radius 3 is 2.20 bits per heavy atom. The number of likely N-dealkylation sites (N-methyl/N-ethyl adjacent to an activating group) is 1. The number of hydrogen-bond acceptors (Lipinski definition) is 5. The van der Waals surface area contributed by atoms with Crippen molar-refractivity contribution in [1.29, 1.82) is 0 Å². The second-order valence-corrected chi connectivity index (χ2v) is 11.7. The Labute approximate surface area is 260 Å². The van der Waals surface area contributed by atoms with E-state index in [0.717, 1.165) is 90.6 Å². The van der Waals surface area contributed by atoms with E-state index in [2.05, 4.69) is 109 Å². The van der Waals surface area contributed by atoms with Crippen molar-refractivity contribution in [3.8, 4) is 11.1 Å². The molecule has 5 aromatic carbocycles. The number of fused-ring (bicyclic) bond motifs is 6. The summed E-state index contributed by atoms with van der Waals surface area (Å²) in [5.41, 5.74) is 8.71. The molecule has 1 aliphatic heterocycles. The number of aliphatic imine (C=N–C) groups is 2. The van der Waals surface area contributed by atoms with E-state index >= 15 is 0 Å². The Morgan fingerprint density at radius 2 is 1.38 bits per heavy atom. The molecule has 0 radical (unpaired) electrons. The third-order valence-electron chi connectivity index (χ3n) is 8.96. The smallest absolute Gasteiger partial charge is 0.159 e. The van der Waals surface area contributed by atoms with E-state index in [1.165, 1.54) is 5.57 Å². The van der Waals surface area contributed by atoms with Gasteiger partial charge in [-0.2, -0.15) is 0 Å². The number of furan rings is 2. The lowest BCUT2D eigenvalue weighted by atomic mass is 9.99. The van der Waals surface area contributed by atoms with E-state index in [9.17, 15) is 0 Å². The van der Waals surface area contributed by atoms with Gasteiger partial charge in [0.2, 0.25) is 0 Å². The number of hydrogen-bond donors (Lipinski definition) is 0. The van der Waals surface area contributed by atoms with Crippen LogP contribution in [0.5, 0.6) is 0 Å². The monoisotopic (exact) mass is 583 g/mol. The minimum Gasteiger partial charge on any atom is -0.456 e. The molecule has 7 aromatic rings. The van der Waals surface area contributed by atoms with Gasteiger partial charge in [-0.25, -0.2) is 9.98 Å². The van der Waals surface area contributed by atoms with E-state index in [0.29, 0.717) is 0 Å². The summed E-state index contributed by atoms with van der Waals surface area (Å²) in [5.74, 6) is 1.56. The first-order chi connectivity index (χ1) is 22.2. The van der Waals surface area contributed by atoms with Crippen LogP contribution in [0.3, 0.4) is 0 Å². The summed E-state index contributed by atoms with van der Waals surface area (Å²) in [5, 5.41) is 4.35. The van der Waals surface area contributed by atoms with Crippen molar-refractivity contribution >= 4 is 55.5 Å². The van der Waals surface area contributed by atoms with Crippen LogP contribution in [-0.4, -0.2) is 29.8 Å². The third kappa shape index (κ3) is 4.15. The Hall–Kier alpha value is -5.68. The molecule has 1 atom stereocenters. The Bertz CT molecular complexity index is 2410. The molecule has 2 aromatic heterocycles. The van der Waals surface area contributed by atoms with E-state index < -0.39 is 0 Å². The average molecular weight is 584 g/mol. The normalized spacial score (nSPS) is 16.9. The Kier molecular flexibility index (Phi) is 5.85. The minimum absolute atomic E-state index is 0.184. The predicted molar refractivity (Wildman–Crippen MR) is 184 cm³/mol. The topological polar surface area (TPSA) is 54.2 Å². The lowest BCUT2D eigenvalue weighted by molar-refractivity contribution is 0.420. The number of nitrogens with zero attached hydrogens (tertiary/aromatic N) is 3. The second-order valence-electron chi connectivity index (χ2n) is 11.7. The van der Waals surface area contributed by atoms with Gasteiger partial charge < -0.3 is 13.7 Å². The van der Waals surface area contributed by atoms with Gasteiger partial charge in [0, 0.05) is 39.7 Å². The summed E-state index contributed by atoms with van der Waals surface area (Å²) in [4.78, 5) is 12.5. The lowest BCUT2D eigenvalue weighted by Gasteiger charge is -2.33. The van der Waals surface area contributed by atoms with Gasteiger partial charge in [-0.15, -0.1) is 0 Å². The molecule has 45 heavy (non-hydrogen) atoms. The molecule has 2 aliphatic rings. The average Bonchev–Trinajstić information content (AvgIpc) is 3.67. The van der Waals surface area contributed by atoms with E-state index in [1.807, 2.05) is 30.3 Å². The molecule has 5 heteroatoms. The first kappa shape index (κ1) is 25.8. The van der Waals surface area contributed by atoms with Gasteiger partial charge >= 0.3 is 0 Å². The molecule has 3 heterocycles. The first-order valence-electron chi connectivity index (χ1n) is 15.4. The van der Waals surface area contributed by atoms with Crippen molar-refractivity contribution in [3.05, 3.63) is 144 Å². The molecular weight excluding hydrogens is 554 g/mol. The van der Waals surface area contributed by atoms with Crippen LogP contribution < -0.4 is 0 Å². The number of para-hydroxylation sites is 3. The predicted octanol–water partition coefficient (Wildman–Crippen LogP) is 9.89. The van der Waals surface area contributed by atoms with Gasteiger partial charge in [0.05, 0.1) is 5.56 Å². The van der Waals surface area contributed by atoms with E-state index in [-0.39, 0.29) is 6.17 Å². The molecular formula is C40H29N3O2. The molecule has 0 saturated heterocycles. The maximum Gasteiger partial charge on any atom is 0.159 e. The minimum atomic E-state index is -0.184. The summed E-state index contributed by atoms with van der Waals surface area (Å²) >= 11 is 0. The van der Waals surface area contributed by atoms with Crippen LogP contribution in [0.25, 0.3) is 55.0 Å². The van der Waals surface area contributed by atoms with Crippen molar-refractivity contribution in [2.75, 3.05) is 7.05 Å². The van der Waals surface area contributed by atoms with Crippen LogP contribution in [-0.2, 0) is 0 Å². The maximum absolute atomic E-state index is 6.87. The summed E-state index contributed by atoms with van der Waals surface area (Å²) in [6.07, 6.45) is 8.62. The number of benzene rings is 5.